The minimum atomic E-state index is -3.62. The Morgan fingerprint density at radius 2 is 1.81 bits per heavy atom. The average Bonchev–Trinajstić information content (AvgIpc) is 2.67. The summed E-state index contributed by atoms with van der Waals surface area (Å²) in [6.45, 7) is 4.65. The van der Waals surface area contributed by atoms with Crippen LogP contribution in [0.4, 0.5) is 0 Å². The van der Waals surface area contributed by atoms with Crippen LogP contribution in [0.1, 0.15) is 29.8 Å². The number of methoxy groups -OCH3 is 1. The third kappa shape index (κ3) is 6.37. The summed E-state index contributed by atoms with van der Waals surface area (Å²) >= 11 is 0. The van der Waals surface area contributed by atoms with Crippen LogP contribution in [0.5, 0.6) is 5.75 Å². The van der Waals surface area contributed by atoms with Crippen molar-refractivity contribution in [3.63, 3.8) is 0 Å². The zero-order chi connectivity index (χ0) is 19.9. The van der Waals surface area contributed by atoms with E-state index in [4.69, 9.17) is 4.74 Å². The topological polar surface area (TPSA) is 84.5 Å². The summed E-state index contributed by atoms with van der Waals surface area (Å²) in [4.78, 5) is 12.4. The van der Waals surface area contributed by atoms with E-state index in [2.05, 4.69) is 10.0 Å². The lowest BCUT2D eigenvalue weighted by Gasteiger charge is -2.10. The number of hydrogen-bond acceptors (Lipinski definition) is 4. The lowest BCUT2D eigenvalue weighted by molar-refractivity contribution is 0.0954. The van der Waals surface area contributed by atoms with Crippen molar-refractivity contribution in [3.8, 4) is 5.75 Å². The lowest BCUT2D eigenvalue weighted by atomic mass is 10.1. The SMILES string of the molecule is COc1ccc(CCNC(=O)c2cccc(S(=O)(=O)NCC(C)C)c2)cc1. The third-order valence-electron chi connectivity index (χ3n) is 3.95. The van der Waals surface area contributed by atoms with Crippen molar-refractivity contribution in [1.82, 2.24) is 10.0 Å². The van der Waals surface area contributed by atoms with E-state index < -0.39 is 10.0 Å². The Morgan fingerprint density at radius 3 is 2.44 bits per heavy atom. The van der Waals surface area contributed by atoms with E-state index in [1.807, 2.05) is 38.1 Å². The van der Waals surface area contributed by atoms with E-state index in [0.717, 1.165) is 11.3 Å². The Balaban J connectivity index is 1.96. The van der Waals surface area contributed by atoms with Crippen LogP contribution in [-0.2, 0) is 16.4 Å². The number of carbonyl (C=O) groups excluding carboxylic acids is 1. The molecule has 0 spiro atoms. The molecule has 0 aliphatic carbocycles. The summed E-state index contributed by atoms with van der Waals surface area (Å²) in [5, 5.41) is 2.82. The number of rotatable bonds is 9. The fourth-order valence-corrected chi connectivity index (χ4v) is 3.64. The standard InChI is InChI=1S/C20H26N2O4S/c1-15(2)14-22-27(24,25)19-6-4-5-17(13-19)20(23)21-12-11-16-7-9-18(26-3)10-8-16/h4-10,13,15,22H,11-12,14H2,1-3H3,(H,21,23). The van der Waals surface area contributed by atoms with Crippen LogP contribution >= 0.6 is 0 Å². The fraction of sp³-hybridized carbons (Fsp3) is 0.350. The molecular weight excluding hydrogens is 364 g/mol. The minimum Gasteiger partial charge on any atom is -0.497 e. The van der Waals surface area contributed by atoms with Crippen molar-refractivity contribution in [2.75, 3.05) is 20.2 Å². The van der Waals surface area contributed by atoms with Gasteiger partial charge < -0.3 is 10.1 Å². The van der Waals surface area contributed by atoms with Gasteiger partial charge in [0.1, 0.15) is 5.75 Å². The molecule has 2 aromatic carbocycles. The Bertz CT molecular complexity index is 862. The van der Waals surface area contributed by atoms with Gasteiger partial charge in [0.05, 0.1) is 12.0 Å². The molecule has 0 aliphatic heterocycles. The maximum atomic E-state index is 12.3. The first-order valence-corrected chi connectivity index (χ1v) is 10.3. The van der Waals surface area contributed by atoms with Gasteiger partial charge in [-0.05, 0) is 48.2 Å². The molecule has 27 heavy (non-hydrogen) atoms. The minimum absolute atomic E-state index is 0.0888. The van der Waals surface area contributed by atoms with E-state index in [0.29, 0.717) is 25.1 Å². The Morgan fingerprint density at radius 1 is 1.11 bits per heavy atom. The van der Waals surface area contributed by atoms with Crippen molar-refractivity contribution in [3.05, 3.63) is 59.7 Å². The van der Waals surface area contributed by atoms with Gasteiger partial charge in [-0.2, -0.15) is 0 Å². The van der Waals surface area contributed by atoms with Gasteiger partial charge in [0.2, 0.25) is 10.0 Å². The van der Waals surface area contributed by atoms with Gasteiger partial charge in [0.25, 0.3) is 5.91 Å². The third-order valence-corrected chi connectivity index (χ3v) is 5.37. The van der Waals surface area contributed by atoms with Crippen molar-refractivity contribution in [1.29, 1.82) is 0 Å². The van der Waals surface area contributed by atoms with Gasteiger partial charge >= 0.3 is 0 Å². The molecule has 6 nitrogen and oxygen atoms in total. The predicted octanol–water partition coefficient (Wildman–Crippen LogP) is 2.60. The largest absolute Gasteiger partial charge is 0.497 e. The molecule has 146 valence electrons. The molecule has 0 unspecified atom stereocenters. The average molecular weight is 391 g/mol. The Labute approximate surface area is 161 Å². The number of ether oxygens (including phenoxy) is 1. The van der Waals surface area contributed by atoms with Crippen LogP contribution in [0.2, 0.25) is 0 Å². The van der Waals surface area contributed by atoms with E-state index in [1.54, 1.807) is 19.2 Å². The van der Waals surface area contributed by atoms with Crippen molar-refractivity contribution >= 4 is 15.9 Å². The monoisotopic (exact) mass is 390 g/mol. The molecule has 1 amide bonds. The van der Waals surface area contributed by atoms with Crippen molar-refractivity contribution < 1.29 is 17.9 Å². The zero-order valence-corrected chi connectivity index (χ0v) is 16.7. The molecule has 0 saturated carbocycles. The highest BCUT2D eigenvalue weighted by Gasteiger charge is 2.16. The van der Waals surface area contributed by atoms with Gasteiger partial charge in [0.15, 0.2) is 0 Å². The lowest BCUT2D eigenvalue weighted by Crippen LogP contribution is -2.28. The number of benzene rings is 2. The summed E-state index contributed by atoms with van der Waals surface area (Å²) in [5.41, 5.74) is 1.39. The molecule has 2 N–H and O–H groups in total. The molecule has 2 rings (SSSR count). The molecule has 0 saturated heterocycles. The van der Waals surface area contributed by atoms with Gasteiger partial charge in [-0.15, -0.1) is 0 Å². The van der Waals surface area contributed by atoms with Crippen LogP contribution in [0, 0.1) is 5.92 Å². The van der Waals surface area contributed by atoms with Gasteiger partial charge in [-0.1, -0.05) is 32.0 Å². The number of amides is 1. The quantitative estimate of drug-likeness (QED) is 0.689. The highest BCUT2D eigenvalue weighted by atomic mass is 32.2. The van der Waals surface area contributed by atoms with E-state index >= 15 is 0 Å². The summed E-state index contributed by atoms with van der Waals surface area (Å²) in [7, 11) is -2.01. The van der Waals surface area contributed by atoms with Gasteiger partial charge in [-0.25, -0.2) is 13.1 Å². The normalized spacial score (nSPS) is 11.4. The first kappa shape index (κ1) is 20.9. The summed E-state index contributed by atoms with van der Waals surface area (Å²) in [5.74, 6) is 0.681. The highest BCUT2D eigenvalue weighted by Crippen LogP contribution is 2.13. The zero-order valence-electron chi connectivity index (χ0n) is 15.9. The summed E-state index contributed by atoms with van der Waals surface area (Å²) in [6, 6.07) is 13.7. The summed E-state index contributed by atoms with van der Waals surface area (Å²) < 4.78 is 32.3. The number of nitrogens with one attached hydrogen (secondary N) is 2. The maximum Gasteiger partial charge on any atom is 0.251 e. The molecule has 7 heteroatoms. The van der Waals surface area contributed by atoms with Crippen LogP contribution < -0.4 is 14.8 Å². The smallest absolute Gasteiger partial charge is 0.251 e. The van der Waals surface area contributed by atoms with E-state index in [1.165, 1.54) is 12.1 Å². The first-order chi connectivity index (χ1) is 12.8. The Hall–Kier alpha value is -2.38. The molecular formula is C20H26N2O4S. The van der Waals surface area contributed by atoms with Gasteiger partial charge in [-0.3, -0.25) is 4.79 Å². The molecule has 0 aliphatic rings. The highest BCUT2D eigenvalue weighted by molar-refractivity contribution is 7.89. The second-order valence-corrected chi connectivity index (χ2v) is 8.39. The number of carbonyl (C=O) groups is 1. The van der Waals surface area contributed by atoms with Crippen LogP contribution in [-0.4, -0.2) is 34.5 Å². The van der Waals surface area contributed by atoms with Crippen molar-refractivity contribution in [2.24, 2.45) is 5.92 Å². The van der Waals surface area contributed by atoms with Gasteiger partial charge in [0, 0.05) is 18.7 Å². The van der Waals surface area contributed by atoms with Crippen LogP contribution in [0.3, 0.4) is 0 Å². The molecule has 0 fully saturated rings. The second-order valence-electron chi connectivity index (χ2n) is 6.63. The molecule has 0 atom stereocenters. The predicted molar refractivity (Wildman–Crippen MR) is 105 cm³/mol. The number of hydrogen-bond donors (Lipinski definition) is 2. The van der Waals surface area contributed by atoms with E-state index in [-0.39, 0.29) is 16.7 Å². The molecule has 0 bridgehead atoms. The first-order valence-electron chi connectivity index (χ1n) is 8.82. The Kier molecular flexibility index (Phi) is 7.38. The maximum absolute atomic E-state index is 12.3. The molecule has 0 radical (unpaired) electrons. The fourth-order valence-electron chi connectivity index (χ4n) is 2.38. The van der Waals surface area contributed by atoms with Crippen LogP contribution in [0.25, 0.3) is 0 Å². The summed E-state index contributed by atoms with van der Waals surface area (Å²) in [6.07, 6.45) is 0.670. The molecule has 0 aromatic heterocycles. The second kappa shape index (κ2) is 9.53. The molecule has 2 aromatic rings. The van der Waals surface area contributed by atoms with Crippen LogP contribution in [0.15, 0.2) is 53.4 Å². The van der Waals surface area contributed by atoms with E-state index in [9.17, 15) is 13.2 Å². The molecule has 0 heterocycles. The number of sulfonamides is 1. The van der Waals surface area contributed by atoms with Crippen molar-refractivity contribution in [2.45, 2.75) is 25.2 Å².